The Morgan fingerprint density at radius 2 is 1.50 bits per heavy atom. The number of sulfonamides is 1. The van der Waals surface area contributed by atoms with Gasteiger partial charge in [-0.2, -0.15) is 0 Å². The molecule has 4 aromatic rings. The van der Waals surface area contributed by atoms with Gasteiger partial charge < -0.3 is 5.32 Å². The van der Waals surface area contributed by atoms with E-state index in [4.69, 9.17) is 11.6 Å². The Balaban J connectivity index is 1.53. The van der Waals surface area contributed by atoms with Crippen molar-refractivity contribution in [3.63, 3.8) is 0 Å². The zero-order valence-corrected chi connectivity index (χ0v) is 22.1. The number of carbonyl (C=O) groups excluding carboxylic acids is 1. The second-order valence-electron chi connectivity index (χ2n) is 8.25. The van der Waals surface area contributed by atoms with Gasteiger partial charge in [0.1, 0.15) is 5.25 Å². The molecule has 2 N–H and O–H groups in total. The molecule has 5 nitrogen and oxygen atoms in total. The Bertz CT molecular complexity index is 1460. The molecular weight excluding hydrogens is 512 g/mol. The minimum Gasteiger partial charge on any atom is -0.325 e. The van der Waals surface area contributed by atoms with E-state index in [0.29, 0.717) is 16.4 Å². The van der Waals surface area contributed by atoms with Gasteiger partial charge in [-0.25, -0.2) is 8.42 Å². The van der Waals surface area contributed by atoms with E-state index in [1.807, 2.05) is 50.2 Å². The van der Waals surface area contributed by atoms with E-state index in [1.165, 1.54) is 11.8 Å². The van der Waals surface area contributed by atoms with Crippen LogP contribution < -0.4 is 10.0 Å². The summed E-state index contributed by atoms with van der Waals surface area (Å²) in [6.07, 6.45) is 0. The van der Waals surface area contributed by atoms with Crippen molar-refractivity contribution < 1.29 is 13.2 Å². The summed E-state index contributed by atoms with van der Waals surface area (Å²) in [4.78, 5) is 14.4. The molecule has 0 bridgehead atoms. The summed E-state index contributed by atoms with van der Waals surface area (Å²) in [6, 6.07) is 28.5. The van der Waals surface area contributed by atoms with Gasteiger partial charge in [0.25, 0.3) is 10.0 Å². The lowest BCUT2D eigenvalue weighted by Crippen LogP contribution is -2.19. The fourth-order valence-electron chi connectivity index (χ4n) is 3.51. The fourth-order valence-corrected chi connectivity index (χ4v) is 5.77. The van der Waals surface area contributed by atoms with E-state index in [0.717, 1.165) is 21.6 Å². The van der Waals surface area contributed by atoms with E-state index in [2.05, 4.69) is 10.0 Å². The van der Waals surface area contributed by atoms with Crippen LogP contribution in [0, 0.1) is 13.8 Å². The average Bonchev–Trinajstić information content (AvgIpc) is 2.87. The van der Waals surface area contributed by atoms with Crippen LogP contribution in [0.15, 0.2) is 107 Å². The topological polar surface area (TPSA) is 75.3 Å². The number of nitrogens with one attached hydrogen (secondary N) is 2. The van der Waals surface area contributed by atoms with E-state index in [9.17, 15) is 13.2 Å². The maximum atomic E-state index is 13.3. The number of aryl methyl sites for hydroxylation is 1. The molecule has 4 aromatic carbocycles. The van der Waals surface area contributed by atoms with Gasteiger partial charge in [0.2, 0.25) is 5.91 Å². The predicted molar refractivity (Wildman–Crippen MR) is 148 cm³/mol. The Kier molecular flexibility index (Phi) is 8.04. The normalized spacial score (nSPS) is 12.1. The van der Waals surface area contributed by atoms with Crippen LogP contribution in [0.4, 0.5) is 11.4 Å². The first kappa shape index (κ1) is 25.8. The summed E-state index contributed by atoms with van der Waals surface area (Å²) >= 11 is 7.61. The van der Waals surface area contributed by atoms with Gasteiger partial charge in [0.05, 0.1) is 4.90 Å². The maximum absolute atomic E-state index is 13.3. The van der Waals surface area contributed by atoms with E-state index < -0.39 is 15.3 Å². The lowest BCUT2D eigenvalue weighted by atomic mass is 10.1. The number of benzene rings is 4. The average molecular weight is 537 g/mol. The van der Waals surface area contributed by atoms with Crippen molar-refractivity contribution in [1.29, 1.82) is 0 Å². The SMILES string of the molecule is Cc1ccc(S(=O)(=O)Nc2ccc(SC(C(=O)Nc3cccc(Cl)c3C)c3ccccc3)cc2)cc1. The highest BCUT2D eigenvalue weighted by Crippen LogP contribution is 2.37. The molecule has 1 unspecified atom stereocenters. The van der Waals surface area contributed by atoms with Crippen molar-refractivity contribution in [2.24, 2.45) is 0 Å². The number of hydrogen-bond acceptors (Lipinski definition) is 4. The van der Waals surface area contributed by atoms with Gasteiger partial charge in [-0.3, -0.25) is 9.52 Å². The summed E-state index contributed by atoms with van der Waals surface area (Å²) in [6.45, 7) is 3.76. The molecule has 1 amide bonds. The molecule has 0 saturated carbocycles. The standard InChI is InChI=1S/C28H25ClN2O3S2/c1-19-11-17-24(18-12-19)36(33,34)31-22-13-15-23(16-14-22)35-27(21-7-4-3-5-8-21)28(32)30-26-10-6-9-25(29)20(26)2/h3-18,27,31H,1-2H3,(H,30,32). The highest BCUT2D eigenvalue weighted by molar-refractivity contribution is 8.00. The van der Waals surface area contributed by atoms with Crippen LogP contribution >= 0.6 is 23.4 Å². The van der Waals surface area contributed by atoms with Crippen LogP contribution in [0.1, 0.15) is 21.9 Å². The molecule has 0 aliphatic carbocycles. The first-order valence-electron chi connectivity index (χ1n) is 11.2. The van der Waals surface area contributed by atoms with E-state index in [1.54, 1.807) is 60.7 Å². The lowest BCUT2D eigenvalue weighted by Gasteiger charge is -2.18. The largest absolute Gasteiger partial charge is 0.325 e. The smallest absolute Gasteiger partial charge is 0.261 e. The molecule has 0 saturated heterocycles. The number of thioether (sulfide) groups is 1. The third-order valence-electron chi connectivity index (χ3n) is 5.56. The monoisotopic (exact) mass is 536 g/mol. The molecule has 0 fully saturated rings. The molecule has 8 heteroatoms. The first-order chi connectivity index (χ1) is 17.2. The molecule has 0 aromatic heterocycles. The number of halogens is 1. The first-order valence-corrected chi connectivity index (χ1v) is 13.9. The van der Waals surface area contributed by atoms with Crippen LogP contribution in [0.25, 0.3) is 0 Å². The Morgan fingerprint density at radius 3 is 2.17 bits per heavy atom. The molecule has 0 heterocycles. The van der Waals surface area contributed by atoms with E-state index >= 15 is 0 Å². The van der Waals surface area contributed by atoms with Crippen molar-refractivity contribution in [1.82, 2.24) is 0 Å². The molecule has 184 valence electrons. The Labute approximate surface area is 221 Å². The summed E-state index contributed by atoms with van der Waals surface area (Å²) in [5.41, 5.74) is 3.74. The second-order valence-corrected chi connectivity index (χ2v) is 11.5. The molecule has 0 spiro atoms. The van der Waals surface area contributed by atoms with Gasteiger partial charge in [0, 0.05) is 21.3 Å². The second kappa shape index (κ2) is 11.2. The maximum Gasteiger partial charge on any atom is 0.261 e. The molecule has 4 rings (SSSR count). The number of amides is 1. The third kappa shape index (κ3) is 6.29. The molecule has 0 aliphatic rings. The summed E-state index contributed by atoms with van der Waals surface area (Å²) in [5, 5.41) is 3.05. The molecule has 0 radical (unpaired) electrons. The van der Waals surface area contributed by atoms with E-state index in [-0.39, 0.29) is 10.8 Å². The van der Waals surface area contributed by atoms with Crippen molar-refractivity contribution in [2.75, 3.05) is 10.0 Å². The fraction of sp³-hybridized carbons (Fsp3) is 0.107. The minimum absolute atomic E-state index is 0.180. The van der Waals surface area contributed by atoms with Crippen LogP contribution in [-0.2, 0) is 14.8 Å². The van der Waals surface area contributed by atoms with Gasteiger partial charge in [-0.1, -0.05) is 65.7 Å². The van der Waals surface area contributed by atoms with Crippen molar-refractivity contribution >= 4 is 50.7 Å². The van der Waals surface area contributed by atoms with Crippen molar-refractivity contribution in [3.05, 3.63) is 119 Å². The molecular formula is C28H25ClN2O3S2. The number of carbonyl (C=O) groups is 1. The summed E-state index contributed by atoms with van der Waals surface area (Å²) in [5.74, 6) is -0.180. The minimum atomic E-state index is -3.70. The van der Waals surface area contributed by atoms with Crippen LogP contribution in [0.3, 0.4) is 0 Å². The molecule has 1 atom stereocenters. The summed E-state index contributed by atoms with van der Waals surface area (Å²) < 4.78 is 28.0. The number of anilines is 2. The van der Waals surface area contributed by atoms with Crippen molar-refractivity contribution in [3.8, 4) is 0 Å². The zero-order chi connectivity index (χ0) is 25.7. The lowest BCUT2D eigenvalue weighted by molar-refractivity contribution is -0.115. The van der Waals surface area contributed by atoms with Crippen LogP contribution in [-0.4, -0.2) is 14.3 Å². The van der Waals surface area contributed by atoms with Crippen molar-refractivity contribution in [2.45, 2.75) is 28.9 Å². The number of rotatable bonds is 8. The highest BCUT2D eigenvalue weighted by Gasteiger charge is 2.23. The van der Waals surface area contributed by atoms with Gasteiger partial charge in [-0.05, 0) is 73.5 Å². The quantitative estimate of drug-likeness (QED) is 0.233. The third-order valence-corrected chi connectivity index (χ3v) is 8.63. The number of hydrogen-bond donors (Lipinski definition) is 2. The molecule has 0 aliphatic heterocycles. The Morgan fingerprint density at radius 1 is 0.833 bits per heavy atom. The van der Waals surface area contributed by atoms with Crippen LogP contribution in [0.5, 0.6) is 0 Å². The van der Waals surface area contributed by atoms with Crippen LogP contribution in [0.2, 0.25) is 5.02 Å². The van der Waals surface area contributed by atoms with Gasteiger partial charge in [0.15, 0.2) is 0 Å². The Hall–Kier alpha value is -3.26. The molecule has 36 heavy (non-hydrogen) atoms. The summed E-state index contributed by atoms with van der Waals surface area (Å²) in [7, 11) is -3.70. The van der Waals surface area contributed by atoms with Gasteiger partial charge >= 0.3 is 0 Å². The predicted octanol–water partition coefficient (Wildman–Crippen LogP) is 7.23. The van der Waals surface area contributed by atoms with Gasteiger partial charge in [-0.15, -0.1) is 11.8 Å². The highest BCUT2D eigenvalue weighted by atomic mass is 35.5. The zero-order valence-electron chi connectivity index (χ0n) is 19.7.